The van der Waals surface area contributed by atoms with E-state index in [0.717, 1.165) is 22.9 Å². The van der Waals surface area contributed by atoms with Gasteiger partial charge in [0.15, 0.2) is 0 Å². The Morgan fingerprint density at radius 1 is 1.31 bits per heavy atom. The van der Waals surface area contributed by atoms with Crippen molar-refractivity contribution in [3.05, 3.63) is 54.7 Å². The summed E-state index contributed by atoms with van der Waals surface area (Å²) in [4.78, 5) is 4.30. The second-order valence-corrected chi connectivity index (χ2v) is 3.55. The van der Waals surface area contributed by atoms with E-state index in [-0.39, 0.29) is 18.4 Å². The first-order valence-corrected chi connectivity index (χ1v) is 5.03. The molecule has 3 heteroatoms. The van der Waals surface area contributed by atoms with Crippen molar-refractivity contribution in [1.29, 1.82) is 0 Å². The van der Waals surface area contributed by atoms with Crippen LogP contribution in [0.25, 0.3) is 10.9 Å². The Morgan fingerprint density at radius 2 is 2.06 bits per heavy atom. The smallest absolute Gasteiger partial charge is 0.0705 e. The molecule has 2 aromatic rings. The lowest BCUT2D eigenvalue weighted by atomic mass is 10.0. The third-order valence-corrected chi connectivity index (χ3v) is 2.50. The number of hydrogen-bond acceptors (Lipinski definition) is 2. The molecule has 2 N–H and O–H groups in total. The molecule has 0 spiro atoms. The quantitative estimate of drug-likeness (QED) is 0.829. The lowest BCUT2D eigenvalue weighted by molar-refractivity contribution is 0.747. The van der Waals surface area contributed by atoms with Crippen LogP contribution in [-0.4, -0.2) is 4.98 Å². The highest BCUT2D eigenvalue weighted by Crippen LogP contribution is 2.23. The molecule has 0 saturated carbocycles. The van der Waals surface area contributed by atoms with Crippen LogP contribution in [-0.2, 0) is 0 Å². The summed E-state index contributed by atoms with van der Waals surface area (Å²) in [6.45, 7) is 3.71. The molecule has 16 heavy (non-hydrogen) atoms. The van der Waals surface area contributed by atoms with Gasteiger partial charge in [-0.2, -0.15) is 0 Å². The van der Waals surface area contributed by atoms with Gasteiger partial charge in [0.25, 0.3) is 0 Å². The molecular formula is C13H15ClN2. The standard InChI is InChI=1S/C13H14N2.ClH/c1-2-5-12(14)10-8-9-15-13-7-4-3-6-11(10)13;/h2-4,6-9,12H,1,5,14H2;1H/t12-;/m1./s1. The zero-order valence-corrected chi connectivity index (χ0v) is 9.78. The van der Waals surface area contributed by atoms with Crippen LogP contribution >= 0.6 is 12.4 Å². The maximum atomic E-state index is 6.07. The highest BCUT2D eigenvalue weighted by atomic mass is 35.5. The van der Waals surface area contributed by atoms with Crippen LogP contribution in [0.15, 0.2) is 49.2 Å². The lowest BCUT2D eigenvalue weighted by Gasteiger charge is -2.11. The predicted molar refractivity (Wildman–Crippen MR) is 70.7 cm³/mol. The summed E-state index contributed by atoms with van der Waals surface area (Å²) in [7, 11) is 0. The van der Waals surface area contributed by atoms with Crippen molar-refractivity contribution in [3.63, 3.8) is 0 Å². The van der Waals surface area contributed by atoms with Crippen LogP contribution in [0.5, 0.6) is 0 Å². The largest absolute Gasteiger partial charge is 0.324 e. The van der Waals surface area contributed by atoms with Gasteiger partial charge in [0.1, 0.15) is 0 Å². The summed E-state index contributed by atoms with van der Waals surface area (Å²) < 4.78 is 0. The van der Waals surface area contributed by atoms with E-state index in [4.69, 9.17) is 5.73 Å². The molecule has 0 fully saturated rings. The van der Waals surface area contributed by atoms with Gasteiger partial charge in [-0.25, -0.2) is 0 Å². The Balaban J connectivity index is 0.00000128. The van der Waals surface area contributed by atoms with E-state index in [9.17, 15) is 0 Å². The van der Waals surface area contributed by atoms with Gasteiger partial charge in [0, 0.05) is 17.6 Å². The monoisotopic (exact) mass is 234 g/mol. The van der Waals surface area contributed by atoms with Gasteiger partial charge >= 0.3 is 0 Å². The minimum Gasteiger partial charge on any atom is -0.324 e. The van der Waals surface area contributed by atoms with Crippen molar-refractivity contribution in [2.24, 2.45) is 5.73 Å². The molecule has 1 heterocycles. The van der Waals surface area contributed by atoms with Gasteiger partial charge in [0.2, 0.25) is 0 Å². The molecule has 0 radical (unpaired) electrons. The fraction of sp³-hybridized carbons (Fsp3) is 0.154. The number of pyridine rings is 1. The molecule has 84 valence electrons. The normalized spacial score (nSPS) is 11.8. The molecule has 0 unspecified atom stereocenters. The van der Waals surface area contributed by atoms with E-state index in [1.807, 2.05) is 30.3 Å². The predicted octanol–water partition coefficient (Wildman–Crippen LogP) is 3.23. The second-order valence-electron chi connectivity index (χ2n) is 3.55. The number of hydrogen-bond donors (Lipinski definition) is 1. The van der Waals surface area contributed by atoms with Crippen LogP contribution in [0.3, 0.4) is 0 Å². The number of nitrogens with two attached hydrogens (primary N) is 1. The van der Waals surface area contributed by atoms with E-state index < -0.39 is 0 Å². The number of fused-ring (bicyclic) bond motifs is 1. The summed E-state index contributed by atoms with van der Waals surface area (Å²) in [5.41, 5.74) is 8.21. The molecule has 1 aromatic heterocycles. The first-order chi connectivity index (χ1) is 7.33. The molecule has 0 aliphatic rings. The Kier molecular flexibility index (Phi) is 4.47. The van der Waals surface area contributed by atoms with Crippen LogP contribution in [0.2, 0.25) is 0 Å². The number of aromatic nitrogens is 1. The van der Waals surface area contributed by atoms with Gasteiger partial charge < -0.3 is 5.73 Å². The molecule has 1 atom stereocenters. The van der Waals surface area contributed by atoms with Gasteiger partial charge in [0.05, 0.1) is 5.52 Å². The molecule has 2 nitrogen and oxygen atoms in total. The fourth-order valence-electron chi connectivity index (χ4n) is 1.75. The third kappa shape index (κ3) is 2.40. The Morgan fingerprint density at radius 3 is 2.81 bits per heavy atom. The topological polar surface area (TPSA) is 38.9 Å². The molecule has 0 amide bonds. The molecule has 1 aromatic carbocycles. The van der Waals surface area contributed by atoms with Crippen LogP contribution < -0.4 is 5.73 Å². The first-order valence-electron chi connectivity index (χ1n) is 5.03. The van der Waals surface area contributed by atoms with Crippen molar-refractivity contribution < 1.29 is 0 Å². The van der Waals surface area contributed by atoms with E-state index >= 15 is 0 Å². The van der Waals surface area contributed by atoms with Crippen molar-refractivity contribution in [2.45, 2.75) is 12.5 Å². The zero-order valence-electron chi connectivity index (χ0n) is 8.97. The van der Waals surface area contributed by atoms with E-state index in [0.29, 0.717) is 0 Å². The molecular weight excluding hydrogens is 220 g/mol. The maximum Gasteiger partial charge on any atom is 0.0705 e. The van der Waals surface area contributed by atoms with Gasteiger partial charge in [-0.15, -0.1) is 19.0 Å². The highest BCUT2D eigenvalue weighted by Gasteiger charge is 2.07. The van der Waals surface area contributed by atoms with Crippen molar-refractivity contribution in [3.8, 4) is 0 Å². The number of nitrogens with zero attached hydrogens (tertiary/aromatic N) is 1. The summed E-state index contributed by atoms with van der Waals surface area (Å²) in [5.74, 6) is 0. The number of halogens is 1. The maximum absolute atomic E-state index is 6.07. The van der Waals surface area contributed by atoms with Gasteiger partial charge in [-0.1, -0.05) is 24.3 Å². The number of para-hydroxylation sites is 1. The van der Waals surface area contributed by atoms with Crippen molar-refractivity contribution >= 4 is 23.3 Å². The average molecular weight is 235 g/mol. The molecule has 2 rings (SSSR count). The van der Waals surface area contributed by atoms with Crippen molar-refractivity contribution in [2.75, 3.05) is 0 Å². The molecule has 0 bridgehead atoms. The SMILES string of the molecule is C=CC[C@@H](N)c1ccnc2ccccc12.Cl. The number of rotatable bonds is 3. The first kappa shape index (κ1) is 12.7. The zero-order chi connectivity index (χ0) is 10.7. The average Bonchev–Trinajstić information content (AvgIpc) is 2.28. The van der Waals surface area contributed by atoms with E-state index in [1.54, 1.807) is 6.20 Å². The third-order valence-electron chi connectivity index (χ3n) is 2.50. The Bertz CT molecular complexity index is 477. The van der Waals surface area contributed by atoms with E-state index in [1.165, 1.54) is 0 Å². The lowest BCUT2D eigenvalue weighted by Crippen LogP contribution is -2.09. The van der Waals surface area contributed by atoms with Gasteiger partial charge in [-0.3, -0.25) is 4.98 Å². The summed E-state index contributed by atoms with van der Waals surface area (Å²) in [5, 5.41) is 1.13. The summed E-state index contributed by atoms with van der Waals surface area (Å²) in [6.07, 6.45) is 4.44. The Labute approximate surface area is 102 Å². The molecule has 0 saturated heterocycles. The Hall–Kier alpha value is -1.38. The van der Waals surface area contributed by atoms with Crippen LogP contribution in [0.1, 0.15) is 18.0 Å². The second kappa shape index (κ2) is 5.64. The van der Waals surface area contributed by atoms with E-state index in [2.05, 4.69) is 17.6 Å². The summed E-state index contributed by atoms with van der Waals surface area (Å²) in [6, 6.07) is 10.0. The highest BCUT2D eigenvalue weighted by molar-refractivity contribution is 5.85. The van der Waals surface area contributed by atoms with Crippen LogP contribution in [0, 0.1) is 0 Å². The molecule has 0 aliphatic carbocycles. The minimum absolute atomic E-state index is 0. The fourth-order valence-corrected chi connectivity index (χ4v) is 1.75. The van der Waals surface area contributed by atoms with Gasteiger partial charge in [-0.05, 0) is 24.1 Å². The number of benzene rings is 1. The summed E-state index contributed by atoms with van der Waals surface area (Å²) >= 11 is 0. The van der Waals surface area contributed by atoms with Crippen LogP contribution in [0.4, 0.5) is 0 Å². The minimum atomic E-state index is 0. The van der Waals surface area contributed by atoms with Crippen molar-refractivity contribution in [1.82, 2.24) is 4.98 Å². The molecule has 0 aliphatic heterocycles.